The minimum Gasteiger partial charge on any atom is -0.469 e. The number of nitrogens with two attached hydrogens (primary N) is 1. The van der Waals surface area contributed by atoms with Crippen molar-refractivity contribution in [1.82, 2.24) is 4.98 Å². The van der Waals surface area contributed by atoms with Gasteiger partial charge < -0.3 is 15.2 Å². The fourth-order valence-corrected chi connectivity index (χ4v) is 3.57. The van der Waals surface area contributed by atoms with Crippen LogP contribution >= 0.6 is 0 Å². The summed E-state index contributed by atoms with van der Waals surface area (Å²) in [6.45, 7) is 4.85. The highest BCUT2D eigenvalue weighted by molar-refractivity contribution is 5.69. The normalized spacial score (nSPS) is 28.3. The van der Waals surface area contributed by atoms with Gasteiger partial charge in [-0.25, -0.2) is 0 Å². The third-order valence-corrected chi connectivity index (χ3v) is 4.61. The maximum absolute atomic E-state index is 11.2. The van der Waals surface area contributed by atoms with Crippen LogP contribution in [0.1, 0.15) is 44.6 Å². The van der Waals surface area contributed by atoms with Crippen molar-refractivity contribution in [3.63, 3.8) is 0 Å². The molecule has 0 aliphatic heterocycles. The lowest BCUT2D eigenvalue weighted by molar-refractivity contribution is -0.143. The lowest BCUT2D eigenvalue weighted by Gasteiger charge is -2.39. The first kappa shape index (κ1) is 16.7. The van der Waals surface area contributed by atoms with E-state index in [1.54, 1.807) is 12.4 Å². The van der Waals surface area contributed by atoms with Crippen LogP contribution in [0, 0.1) is 11.8 Å². The van der Waals surface area contributed by atoms with Crippen molar-refractivity contribution in [2.24, 2.45) is 11.8 Å². The molecule has 1 saturated carbocycles. The summed E-state index contributed by atoms with van der Waals surface area (Å²) < 4.78 is 10.6. The summed E-state index contributed by atoms with van der Waals surface area (Å²) in [5.74, 6) is 1.09. The van der Waals surface area contributed by atoms with Gasteiger partial charge in [-0.2, -0.15) is 0 Å². The van der Waals surface area contributed by atoms with Crippen molar-refractivity contribution in [2.45, 2.75) is 45.1 Å². The Balaban J connectivity index is 1.94. The van der Waals surface area contributed by atoms with Gasteiger partial charge in [0.2, 0.25) is 0 Å². The molecule has 5 nitrogen and oxygen atoms in total. The molecule has 0 spiro atoms. The van der Waals surface area contributed by atoms with Gasteiger partial charge in [-0.1, -0.05) is 13.8 Å². The number of hydrogen-bond donors (Lipinski definition) is 1. The van der Waals surface area contributed by atoms with Crippen LogP contribution in [-0.2, 0) is 14.3 Å². The predicted octanol–water partition coefficient (Wildman–Crippen LogP) is 2.76. The molecule has 22 heavy (non-hydrogen) atoms. The summed E-state index contributed by atoms with van der Waals surface area (Å²) >= 11 is 0. The first-order chi connectivity index (χ1) is 10.5. The average Bonchev–Trinajstić information content (AvgIpc) is 2.50. The second-order valence-electron chi connectivity index (χ2n) is 6.29. The second kappa shape index (κ2) is 7.58. The maximum Gasteiger partial charge on any atom is 0.307 e. The molecule has 122 valence electrons. The van der Waals surface area contributed by atoms with Crippen LogP contribution in [0.4, 0.5) is 5.69 Å². The summed E-state index contributed by atoms with van der Waals surface area (Å²) in [5.41, 5.74) is 8.03. The smallest absolute Gasteiger partial charge is 0.307 e. The van der Waals surface area contributed by atoms with Gasteiger partial charge in [0.15, 0.2) is 0 Å². The third kappa shape index (κ3) is 3.97. The number of hydrogen-bond acceptors (Lipinski definition) is 5. The molecule has 0 aromatic carbocycles. The first-order valence-electron chi connectivity index (χ1n) is 7.90. The number of rotatable bonds is 5. The molecule has 2 rings (SSSR count). The van der Waals surface area contributed by atoms with Gasteiger partial charge >= 0.3 is 5.97 Å². The summed E-state index contributed by atoms with van der Waals surface area (Å²) in [7, 11) is 1.40. The van der Waals surface area contributed by atoms with E-state index < -0.39 is 0 Å². The van der Waals surface area contributed by atoms with Gasteiger partial charge in [0, 0.05) is 6.20 Å². The van der Waals surface area contributed by atoms with Gasteiger partial charge in [-0.15, -0.1) is 0 Å². The highest BCUT2D eigenvalue weighted by Gasteiger charge is 2.35. The zero-order valence-corrected chi connectivity index (χ0v) is 13.6. The van der Waals surface area contributed by atoms with Crippen LogP contribution in [0.3, 0.4) is 0 Å². The minimum absolute atomic E-state index is 0.184. The van der Waals surface area contributed by atoms with Crippen molar-refractivity contribution in [3.8, 4) is 0 Å². The Labute approximate surface area is 132 Å². The number of esters is 1. The number of nitrogen functional groups attached to an aromatic ring is 1. The Morgan fingerprint density at radius 3 is 2.64 bits per heavy atom. The van der Waals surface area contributed by atoms with Crippen molar-refractivity contribution in [1.29, 1.82) is 0 Å². The second-order valence-corrected chi connectivity index (χ2v) is 6.29. The van der Waals surface area contributed by atoms with E-state index in [0.717, 1.165) is 18.5 Å². The SMILES string of the molecule is COC(=O)CCO[C@H]1[C@H](C)CC(c2ccncc2N)C[C@@H]1C. The molecule has 0 saturated heterocycles. The number of pyridine rings is 1. The Bertz CT molecular complexity index is 494. The predicted molar refractivity (Wildman–Crippen MR) is 85.3 cm³/mol. The molecule has 4 atom stereocenters. The monoisotopic (exact) mass is 306 g/mol. The summed E-state index contributed by atoms with van der Waals surface area (Å²) in [6, 6.07) is 2.03. The van der Waals surface area contributed by atoms with Gasteiger partial charge in [0.25, 0.3) is 0 Å². The van der Waals surface area contributed by atoms with Crippen LogP contribution in [-0.4, -0.2) is 30.8 Å². The van der Waals surface area contributed by atoms with E-state index in [9.17, 15) is 4.79 Å². The van der Waals surface area contributed by atoms with Gasteiger partial charge in [-0.3, -0.25) is 9.78 Å². The van der Waals surface area contributed by atoms with E-state index in [1.165, 1.54) is 12.7 Å². The molecule has 0 amide bonds. The number of carbonyl (C=O) groups excluding carboxylic acids is 1. The van der Waals surface area contributed by atoms with E-state index in [0.29, 0.717) is 30.8 Å². The zero-order chi connectivity index (χ0) is 16.1. The van der Waals surface area contributed by atoms with Gasteiger partial charge in [-0.05, 0) is 42.2 Å². The summed E-state index contributed by atoms with van der Waals surface area (Å²) in [6.07, 6.45) is 6.11. The Morgan fingerprint density at radius 1 is 1.36 bits per heavy atom. The zero-order valence-electron chi connectivity index (χ0n) is 13.6. The van der Waals surface area contributed by atoms with E-state index in [1.807, 2.05) is 6.07 Å². The lowest BCUT2D eigenvalue weighted by atomic mass is 9.72. The van der Waals surface area contributed by atoms with Crippen molar-refractivity contribution >= 4 is 11.7 Å². The standard InChI is InChI=1S/C17H26N2O3/c1-11-8-13(14-4-6-19-10-15(14)18)9-12(2)17(11)22-7-5-16(20)21-3/h4,6,10-13,17H,5,7-9,18H2,1-3H3/t11-,12+,13?,17+. The molecule has 5 heteroatoms. The number of carbonyl (C=O) groups is 1. The topological polar surface area (TPSA) is 74.4 Å². The number of nitrogens with zero attached hydrogens (tertiary/aromatic N) is 1. The minimum atomic E-state index is -0.224. The van der Waals surface area contributed by atoms with E-state index in [2.05, 4.69) is 23.6 Å². The lowest BCUT2D eigenvalue weighted by Crippen LogP contribution is -2.36. The van der Waals surface area contributed by atoms with Crippen LogP contribution in [0.2, 0.25) is 0 Å². The molecule has 1 heterocycles. The fourth-order valence-electron chi connectivity index (χ4n) is 3.57. The molecule has 1 aliphatic carbocycles. The van der Waals surface area contributed by atoms with Crippen LogP contribution in [0.5, 0.6) is 0 Å². The van der Waals surface area contributed by atoms with Crippen molar-refractivity contribution in [3.05, 3.63) is 24.0 Å². The van der Waals surface area contributed by atoms with Gasteiger partial charge in [0.05, 0.1) is 38.1 Å². The molecule has 1 aliphatic rings. The number of methoxy groups -OCH3 is 1. The highest BCUT2D eigenvalue weighted by Crippen LogP contribution is 2.42. The molecule has 2 N–H and O–H groups in total. The molecule has 0 radical (unpaired) electrons. The molecule has 1 aromatic rings. The van der Waals surface area contributed by atoms with E-state index >= 15 is 0 Å². The van der Waals surface area contributed by atoms with Crippen molar-refractivity contribution in [2.75, 3.05) is 19.5 Å². The van der Waals surface area contributed by atoms with Gasteiger partial charge in [0.1, 0.15) is 0 Å². The Morgan fingerprint density at radius 2 is 2.05 bits per heavy atom. The molecule has 0 bridgehead atoms. The first-order valence-corrected chi connectivity index (χ1v) is 7.90. The van der Waals surface area contributed by atoms with Crippen molar-refractivity contribution < 1.29 is 14.3 Å². The van der Waals surface area contributed by atoms with Crippen LogP contribution < -0.4 is 5.73 Å². The van der Waals surface area contributed by atoms with Crippen LogP contribution in [0.15, 0.2) is 18.5 Å². The number of aromatic nitrogens is 1. The summed E-state index contributed by atoms with van der Waals surface area (Å²) in [4.78, 5) is 15.2. The van der Waals surface area contributed by atoms with Crippen LogP contribution in [0.25, 0.3) is 0 Å². The molecular weight excluding hydrogens is 280 g/mol. The Kier molecular flexibility index (Phi) is 5.77. The number of anilines is 1. The molecule has 1 fully saturated rings. The third-order valence-electron chi connectivity index (χ3n) is 4.61. The quantitative estimate of drug-likeness (QED) is 0.847. The van der Waals surface area contributed by atoms with E-state index in [4.69, 9.17) is 10.5 Å². The average molecular weight is 306 g/mol. The number of ether oxygens (including phenoxy) is 2. The molecule has 1 aromatic heterocycles. The Hall–Kier alpha value is -1.62. The summed E-state index contributed by atoms with van der Waals surface area (Å²) in [5, 5.41) is 0. The highest BCUT2D eigenvalue weighted by atomic mass is 16.5. The molecule has 1 unspecified atom stereocenters. The molecular formula is C17H26N2O3. The maximum atomic E-state index is 11.2. The largest absolute Gasteiger partial charge is 0.469 e. The van der Waals surface area contributed by atoms with E-state index in [-0.39, 0.29) is 12.1 Å². The fraction of sp³-hybridized carbons (Fsp3) is 0.647.